The Morgan fingerprint density at radius 3 is 2.28 bits per heavy atom. The molecule has 15 heteroatoms. The number of aromatic nitrogens is 2. The standard InChI is InChI=1S/C42H40F2N6O7/c1-41(2,23-3-8-34(31(43)13-23)56-18-26-11-12-45-40(47-26)49-19-42(20-49)21-55-22-42)24-4-9-35(32(44)14-24)57-28-15-27(16-28)46-25-5-6-29-30(17-25)39(54)50(38(29)53)33-7-10-36(51)48-37(33)52/h3-6,8-9,11-14,17,27-28,33,46H,7,10,15-16,18-22H2,1-2H3,(H,48,51,52). The number of benzene rings is 3. The summed E-state index contributed by atoms with van der Waals surface area (Å²) in [6.45, 7) is 7.11. The van der Waals surface area contributed by atoms with Crippen molar-refractivity contribution in [1.82, 2.24) is 20.2 Å². The van der Waals surface area contributed by atoms with E-state index in [0.29, 0.717) is 41.3 Å². The summed E-state index contributed by atoms with van der Waals surface area (Å²) in [6.07, 6.45) is 2.69. The minimum atomic E-state index is -1.03. The molecule has 3 aromatic carbocycles. The molecule has 294 valence electrons. The van der Waals surface area contributed by atoms with Gasteiger partial charge in [0.2, 0.25) is 17.8 Å². The average Bonchev–Trinajstić information content (AvgIpc) is 3.37. The molecule has 1 spiro atoms. The molecule has 9 rings (SSSR count). The van der Waals surface area contributed by atoms with Crippen LogP contribution >= 0.6 is 0 Å². The van der Waals surface area contributed by atoms with Gasteiger partial charge in [-0.15, -0.1) is 0 Å². The number of halogens is 2. The Kier molecular flexibility index (Phi) is 8.94. The zero-order chi connectivity index (χ0) is 39.6. The highest BCUT2D eigenvalue weighted by molar-refractivity contribution is 6.23. The van der Waals surface area contributed by atoms with Gasteiger partial charge in [0.25, 0.3) is 11.8 Å². The van der Waals surface area contributed by atoms with Crippen molar-refractivity contribution in [2.24, 2.45) is 5.41 Å². The number of ether oxygens (including phenoxy) is 3. The van der Waals surface area contributed by atoms with Crippen LogP contribution < -0.4 is 25.0 Å². The highest BCUT2D eigenvalue weighted by atomic mass is 19.1. The maximum atomic E-state index is 15.5. The zero-order valence-electron chi connectivity index (χ0n) is 31.3. The van der Waals surface area contributed by atoms with Gasteiger partial charge >= 0.3 is 0 Å². The lowest BCUT2D eigenvalue weighted by Crippen LogP contribution is -2.66. The van der Waals surface area contributed by atoms with E-state index in [9.17, 15) is 19.2 Å². The summed E-state index contributed by atoms with van der Waals surface area (Å²) in [5.74, 6) is -2.48. The molecule has 0 radical (unpaired) electrons. The number of nitrogens with one attached hydrogen (secondary N) is 2. The first-order valence-corrected chi connectivity index (χ1v) is 19.0. The number of hydrogen-bond acceptors (Lipinski definition) is 11. The summed E-state index contributed by atoms with van der Waals surface area (Å²) in [4.78, 5) is 62.1. The summed E-state index contributed by atoms with van der Waals surface area (Å²) >= 11 is 0. The van der Waals surface area contributed by atoms with Gasteiger partial charge in [-0.1, -0.05) is 26.0 Å². The van der Waals surface area contributed by atoms with Crippen LogP contribution in [-0.2, 0) is 26.3 Å². The number of fused-ring (bicyclic) bond motifs is 1. The van der Waals surface area contributed by atoms with Gasteiger partial charge in [0.05, 0.1) is 35.4 Å². The second kappa shape index (κ2) is 13.9. The molecule has 4 aromatic rings. The van der Waals surface area contributed by atoms with E-state index in [1.54, 1.807) is 54.7 Å². The summed E-state index contributed by atoms with van der Waals surface area (Å²) in [7, 11) is 0. The largest absolute Gasteiger partial charge is 0.487 e. The Morgan fingerprint density at radius 2 is 1.61 bits per heavy atom. The number of nitrogens with zero attached hydrogens (tertiary/aromatic N) is 4. The van der Waals surface area contributed by atoms with Crippen molar-refractivity contribution < 1.29 is 42.2 Å². The maximum absolute atomic E-state index is 15.5. The van der Waals surface area contributed by atoms with Crippen LogP contribution in [0.3, 0.4) is 0 Å². The highest BCUT2D eigenvalue weighted by Crippen LogP contribution is 2.40. The number of hydrogen-bond donors (Lipinski definition) is 2. The normalized spacial score (nSPS) is 22.4. The fourth-order valence-electron chi connectivity index (χ4n) is 8.16. The van der Waals surface area contributed by atoms with E-state index < -0.39 is 46.7 Å². The van der Waals surface area contributed by atoms with Crippen LogP contribution in [0.5, 0.6) is 11.5 Å². The molecule has 4 amide bonds. The monoisotopic (exact) mass is 778 g/mol. The van der Waals surface area contributed by atoms with Crippen LogP contribution in [0, 0.1) is 17.0 Å². The molecule has 4 fully saturated rings. The summed E-state index contributed by atoms with van der Waals surface area (Å²) in [5.41, 5.74) is 2.42. The molecule has 1 aromatic heterocycles. The Labute approximate surface area is 326 Å². The van der Waals surface area contributed by atoms with Crippen molar-refractivity contribution in [2.75, 3.05) is 36.5 Å². The second-order valence-corrected chi connectivity index (χ2v) is 16.2. The summed E-state index contributed by atoms with van der Waals surface area (Å²) < 4.78 is 48.0. The first-order valence-electron chi connectivity index (χ1n) is 19.0. The Hall–Kier alpha value is -5.96. The van der Waals surface area contributed by atoms with Gasteiger partial charge in [0, 0.05) is 55.7 Å². The van der Waals surface area contributed by atoms with Crippen LogP contribution in [0.4, 0.5) is 20.4 Å². The number of imide groups is 2. The van der Waals surface area contributed by atoms with Crippen LogP contribution in [0.1, 0.15) is 77.1 Å². The number of anilines is 2. The third kappa shape index (κ3) is 6.73. The van der Waals surface area contributed by atoms with Gasteiger partial charge in [-0.3, -0.25) is 29.4 Å². The molecule has 2 N–H and O–H groups in total. The molecule has 1 saturated carbocycles. The highest BCUT2D eigenvalue weighted by Gasteiger charge is 2.50. The molecule has 4 aliphatic heterocycles. The van der Waals surface area contributed by atoms with E-state index in [1.807, 2.05) is 13.8 Å². The van der Waals surface area contributed by atoms with E-state index in [4.69, 9.17) is 14.2 Å². The smallest absolute Gasteiger partial charge is 0.262 e. The van der Waals surface area contributed by atoms with Gasteiger partial charge in [-0.25, -0.2) is 18.7 Å². The Morgan fingerprint density at radius 1 is 0.912 bits per heavy atom. The molecule has 57 heavy (non-hydrogen) atoms. The third-order valence-corrected chi connectivity index (χ3v) is 11.7. The van der Waals surface area contributed by atoms with E-state index >= 15 is 8.78 Å². The predicted molar refractivity (Wildman–Crippen MR) is 201 cm³/mol. The summed E-state index contributed by atoms with van der Waals surface area (Å²) in [6, 6.07) is 15.1. The van der Waals surface area contributed by atoms with E-state index in [2.05, 4.69) is 25.5 Å². The van der Waals surface area contributed by atoms with Crippen LogP contribution in [-0.4, -0.2) is 83.0 Å². The Balaban J connectivity index is 0.777. The Bertz CT molecular complexity index is 2320. The predicted octanol–water partition coefficient (Wildman–Crippen LogP) is 4.92. The molecular formula is C42H40F2N6O7. The summed E-state index contributed by atoms with van der Waals surface area (Å²) in [5, 5.41) is 5.53. The zero-order valence-corrected chi connectivity index (χ0v) is 31.3. The molecule has 5 heterocycles. The maximum Gasteiger partial charge on any atom is 0.262 e. The molecule has 1 unspecified atom stereocenters. The van der Waals surface area contributed by atoms with Gasteiger partial charge < -0.3 is 24.4 Å². The van der Waals surface area contributed by atoms with Crippen molar-refractivity contribution in [1.29, 1.82) is 0 Å². The van der Waals surface area contributed by atoms with Crippen molar-refractivity contribution >= 4 is 35.3 Å². The van der Waals surface area contributed by atoms with Gasteiger partial charge in [-0.05, 0) is 66.1 Å². The van der Waals surface area contributed by atoms with Crippen LogP contribution in [0.15, 0.2) is 66.9 Å². The van der Waals surface area contributed by atoms with Crippen LogP contribution in [0.25, 0.3) is 0 Å². The van der Waals surface area contributed by atoms with Crippen molar-refractivity contribution in [3.8, 4) is 11.5 Å². The fourth-order valence-corrected chi connectivity index (χ4v) is 8.16. The molecule has 3 saturated heterocycles. The average molecular weight is 779 g/mol. The second-order valence-electron chi connectivity index (χ2n) is 16.2. The molecule has 1 aliphatic carbocycles. The molecule has 1 atom stereocenters. The van der Waals surface area contributed by atoms with Gasteiger partial charge in [0.15, 0.2) is 23.1 Å². The lowest BCUT2D eigenvalue weighted by Gasteiger charge is -2.54. The first-order chi connectivity index (χ1) is 27.4. The fraction of sp³-hybridized carbons (Fsp3) is 0.381. The number of amides is 4. The first kappa shape index (κ1) is 36.7. The van der Waals surface area contributed by atoms with Gasteiger partial charge in [-0.2, -0.15) is 0 Å². The molecular weight excluding hydrogens is 738 g/mol. The number of rotatable bonds is 11. The van der Waals surface area contributed by atoms with Crippen LogP contribution in [0.2, 0.25) is 0 Å². The van der Waals surface area contributed by atoms with Crippen molar-refractivity contribution in [3.63, 3.8) is 0 Å². The van der Waals surface area contributed by atoms with E-state index in [0.717, 1.165) is 31.2 Å². The number of carbonyl (C=O) groups is 4. The van der Waals surface area contributed by atoms with E-state index in [-0.39, 0.29) is 59.6 Å². The molecule has 13 nitrogen and oxygen atoms in total. The SMILES string of the molecule is CC(C)(c1ccc(OCc2ccnc(N3CC4(COC4)C3)n2)c(F)c1)c1ccc(OC2CC(Nc3ccc4c(c3)C(=O)N(C3CCC(=O)NC3=O)C4=O)C2)c(F)c1. The van der Waals surface area contributed by atoms with E-state index in [1.165, 1.54) is 12.1 Å². The van der Waals surface area contributed by atoms with Crippen molar-refractivity contribution in [3.05, 3.63) is 106 Å². The third-order valence-electron chi connectivity index (χ3n) is 11.7. The minimum Gasteiger partial charge on any atom is -0.487 e. The number of piperidine rings is 1. The lowest BCUT2D eigenvalue weighted by atomic mass is 9.78. The molecule has 0 bridgehead atoms. The minimum absolute atomic E-state index is 0.0196. The number of carbonyl (C=O) groups excluding carboxylic acids is 4. The topological polar surface area (TPSA) is 152 Å². The van der Waals surface area contributed by atoms with Gasteiger partial charge in [0.1, 0.15) is 18.8 Å². The lowest BCUT2D eigenvalue weighted by molar-refractivity contribution is -0.136. The molecule has 5 aliphatic rings. The van der Waals surface area contributed by atoms with Crippen molar-refractivity contribution in [2.45, 2.75) is 69.7 Å². The quantitative estimate of drug-likeness (QED) is 0.200.